The van der Waals surface area contributed by atoms with Crippen molar-refractivity contribution in [3.63, 3.8) is 0 Å². The minimum Gasteiger partial charge on any atom is -0.392 e. The number of nitrogens with zero attached hydrogens (tertiary/aromatic N) is 1. The molecular weight excluding hydrogens is 238 g/mol. The van der Waals surface area contributed by atoms with Crippen molar-refractivity contribution in [2.75, 3.05) is 19.7 Å². The molecule has 0 radical (unpaired) electrons. The topological polar surface area (TPSA) is 32.7 Å². The molecule has 1 aliphatic heterocycles. The van der Waals surface area contributed by atoms with E-state index < -0.39 is 0 Å². The summed E-state index contributed by atoms with van der Waals surface area (Å²) in [6, 6.07) is 8.23. The van der Waals surface area contributed by atoms with Crippen molar-refractivity contribution in [3.8, 4) is 0 Å². The first kappa shape index (κ1) is 14.5. The van der Waals surface area contributed by atoms with E-state index in [9.17, 15) is 0 Å². The number of rotatable bonds is 6. The highest BCUT2D eigenvalue weighted by molar-refractivity contribution is 5.21. The van der Waals surface area contributed by atoms with Crippen molar-refractivity contribution in [2.45, 2.75) is 45.4 Å². The molecule has 1 aromatic rings. The third kappa shape index (κ3) is 4.60. The van der Waals surface area contributed by atoms with Crippen LogP contribution in [-0.4, -0.2) is 35.8 Å². The van der Waals surface area contributed by atoms with Gasteiger partial charge in [0.1, 0.15) is 0 Å². The molecule has 1 unspecified atom stereocenters. The standard InChI is InChI=1S/C16H25NO2/c1-2-10-19-16-4-3-9-17(12-16)11-14-5-7-15(13-18)8-6-14/h5-8,16,18H,2-4,9-13H2,1H3. The molecule has 1 aromatic carbocycles. The molecule has 1 heterocycles. The Balaban J connectivity index is 1.83. The van der Waals surface area contributed by atoms with E-state index >= 15 is 0 Å². The zero-order valence-electron chi connectivity index (χ0n) is 11.8. The van der Waals surface area contributed by atoms with Gasteiger partial charge in [-0.05, 0) is 36.9 Å². The second kappa shape index (κ2) is 7.63. The summed E-state index contributed by atoms with van der Waals surface area (Å²) in [7, 11) is 0. The average molecular weight is 263 g/mol. The molecule has 106 valence electrons. The number of hydrogen-bond donors (Lipinski definition) is 1. The molecule has 0 aromatic heterocycles. The minimum atomic E-state index is 0.122. The van der Waals surface area contributed by atoms with Crippen LogP contribution in [0.4, 0.5) is 0 Å². The maximum atomic E-state index is 9.04. The van der Waals surface area contributed by atoms with Crippen LogP contribution in [0.25, 0.3) is 0 Å². The highest BCUT2D eigenvalue weighted by atomic mass is 16.5. The van der Waals surface area contributed by atoms with Crippen molar-refractivity contribution in [1.82, 2.24) is 4.90 Å². The van der Waals surface area contributed by atoms with Gasteiger partial charge in [-0.25, -0.2) is 0 Å². The van der Waals surface area contributed by atoms with E-state index in [1.54, 1.807) is 0 Å². The van der Waals surface area contributed by atoms with Crippen molar-refractivity contribution >= 4 is 0 Å². The van der Waals surface area contributed by atoms with Gasteiger partial charge in [0.2, 0.25) is 0 Å². The molecule has 19 heavy (non-hydrogen) atoms. The van der Waals surface area contributed by atoms with Crippen LogP contribution in [0.15, 0.2) is 24.3 Å². The van der Waals surface area contributed by atoms with Gasteiger partial charge in [-0.1, -0.05) is 31.2 Å². The summed E-state index contributed by atoms with van der Waals surface area (Å²) in [6.45, 7) is 6.34. The fourth-order valence-corrected chi connectivity index (χ4v) is 2.59. The minimum absolute atomic E-state index is 0.122. The van der Waals surface area contributed by atoms with Gasteiger partial charge in [-0.2, -0.15) is 0 Å². The Morgan fingerprint density at radius 1 is 1.26 bits per heavy atom. The molecule has 0 spiro atoms. The fourth-order valence-electron chi connectivity index (χ4n) is 2.59. The highest BCUT2D eigenvalue weighted by Crippen LogP contribution is 2.16. The Hall–Kier alpha value is -0.900. The van der Waals surface area contributed by atoms with E-state index in [4.69, 9.17) is 9.84 Å². The van der Waals surface area contributed by atoms with Crippen molar-refractivity contribution in [3.05, 3.63) is 35.4 Å². The normalized spacial score (nSPS) is 20.6. The molecule has 3 heteroatoms. The first-order valence-electron chi connectivity index (χ1n) is 7.34. The maximum Gasteiger partial charge on any atom is 0.0702 e. The Kier molecular flexibility index (Phi) is 5.83. The van der Waals surface area contributed by atoms with Crippen LogP contribution in [0.1, 0.15) is 37.3 Å². The van der Waals surface area contributed by atoms with Crippen LogP contribution in [0.5, 0.6) is 0 Å². The molecule has 1 fully saturated rings. The Morgan fingerprint density at radius 3 is 2.68 bits per heavy atom. The molecule has 0 bridgehead atoms. The van der Waals surface area contributed by atoms with Gasteiger partial charge in [-0.3, -0.25) is 4.90 Å². The molecule has 1 N–H and O–H groups in total. The van der Waals surface area contributed by atoms with Gasteiger partial charge in [0.25, 0.3) is 0 Å². The molecule has 1 saturated heterocycles. The predicted molar refractivity (Wildman–Crippen MR) is 76.9 cm³/mol. The number of benzene rings is 1. The average Bonchev–Trinajstić information content (AvgIpc) is 2.46. The first-order chi connectivity index (χ1) is 9.31. The van der Waals surface area contributed by atoms with Crippen LogP contribution < -0.4 is 0 Å². The van der Waals surface area contributed by atoms with Gasteiger partial charge < -0.3 is 9.84 Å². The van der Waals surface area contributed by atoms with Gasteiger partial charge in [0, 0.05) is 19.7 Å². The molecule has 3 nitrogen and oxygen atoms in total. The Morgan fingerprint density at radius 2 is 2.00 bits per heavy atom. The maximum absolute atomic E-state index is 9.04. The number of ether oxygens (including phenoxy) is 1. The predicted octanol–water partition coefficient (Wildman–Crippen LogP) is 2.57. The lowest BCUT2D eigenvalue weighted by Gasteiger charge is -2.32. The number of aliphatic hydroxyl groups is 1. The molecule has 0 saturated carbocycles. The van der Waals surface area contributed by atoms with E-state index in [0.29, 0.717) is 6.10 Å². The molecule has 0 aliphatic carbocycles. The monoisotopic (exact) mass is 263 g/mol. The summed E-state index contributed by atoms with van der Waals surface area (Å²) in [4.78, 5) is 2.47. The van der Waals surface area contributed by atoms with Gasteiger partial charge in [-0.15, -0.1) is 0 Å². The summed E-state index contributed by atoms with van der Waals surface area (Å²) in [6.07, 6.45) is 3.92. The van der Waals surface area contributed by atoms with Gasteiger partial charge in [0.15, 0.2) is 0 Å². The van der Waals surface area contributed by atoms with Crippen LogP contribution in [0.3, 0.4) is 0 Å². The summed E-state index contributed by atoms with van der Waals surface area (Å²) >= 11 is 0. The van der Waals surface area contributed by atoms with Crippen molar-refractivity contribution in [1.29, 1.82) is 0 Å². The van der Waals surface area contributed by atoms with Crippen LogP contribution in [0.2, 0.25) is 0 Å². The molecule has 2 rings (SSSR count). The molecule has 0 amide bonds. The lowest BCUT2D eigenvalue weighted by Crippen LogP contribution is -2.39. The summed E-state index contributed by atoms with van der Waals surface area (Å²) in [5.74, 6) is 0. The van der Waals surface area contributed by atoms with Gasteiger partial charge >= 0.3 is 0 Å². The van der Waals surface area contributed by atoms with Gasteiger partial charge in [0.05, 0.1) is 12.7 Å². The van der Waals surface area contributed by atoms with Crippen molar-refractivity contribution in [2.24, 2.45) is 0 Å². The first-order valence-corrected chi connectivity index (χ1v) is 7.34. The SMILES string of the molecule is CCCOC1CCCN(Cc2ccc(CO)cc2)C1. The van der Waals surface area contributed by atoms with E-state index in [0.717, 1.165) is 38.2 Å². The highest BCUT2D eigenvalue weighted by Gasteiger charge is 2.20. The number of likely N-dealkylation sites (tertiary alicyclic amines) is 1. The zero-order valence-corrected chi connectivity index (χ0v) is 11.8. The second-order valence-electron chi connectivity index (χ2n) is 5.34. The second-order valence-corrected chi connectivity index (χ2v) is 5.34. The number of piperidine rings is 1. The van der Waals surface area contributed by atoms with Crippen LogP contribution in [-0.2, 0) is 17.9 Å². The van der Waals surface area contributed by atoms with Crippen molar-refractivity contribution < 1.29 is 9.84 Å². The van der Waals surface area contributed by atoms with Crippen LogP contribution in [0, 0.1) is 0 Å². The fraction of sp³-hybridized carbons (Fsp3) is 0.625. The zero-order chi connectivity index (χ0) is 13.5. The lowest BCUT2D eigenvalue weighted by atomic mass is 10.1. The molecular formula is C16H25NO2. The quantitative estimate of drug-likeness (QED) is 0.856. The third-order valence-corrected chi connectivity index (χ3v) is 3.63. The number of aliphatic hydroxyl groups excluding tert-OH is 1. The van der Waals surface area contributed by atoms with E-state index in [-0.39, 0.29) is 6.61 Å². The van der Waals surface area contributed by atoms with E-state index in [1.807, 2.05) is 12.1 Å². The Bertz CT molecular complexity index is 364. The van der Waals surface area contributed by atoms with E-state index in [2.05, 4.69) is 24.0 Å². The number of hydrogen-bond acceptors (Lipinski definition) is 3. The third-order valence-electron chi connectivity index (χ3n) is 3.63. The Labute approximate surface area is 116 Å². The smallest absolute Gasteiger partial charge is 0.0702 e. The van der Waals surface area contributed by atoms with E-state index in [1.165, 1.54) is 18.4 Å². The lowest BCUT2D eigenvalue weighted by molar-refractivity contribution is -0.00222. The summed E-state index contributed by atoms with van der Waals surface area (Å²) < 4.78 is 5.86. The van der Waals surface area contributed by atoms with Crippen LogP contribution >= 0.6 is 0 Å². The molecule has 1 atom stereocenters. The largest absolute Gasteiger partial charge is 0.392 e. The summed E-state index contributed by atoms with van der Waals surface area (Å²) in [5.41, 5.74) is 2.29. The summed E-state index contributed by atoms with van der Waals surface area (Å²) in [5, 5.41) is 9.04. The molecule has 1 aliphatic rings.